The molecule has 0 saturated heterocycles. The van der Waals surface area contributed by atoms with Crippen molar-refractivity contribution in [3.05, 3.63) is 120 Å². The Kier molecular flexibility index (Phi) is 7.58. The summed E-state index contributed by atoms with van der Waals surface area (Å²) in [6, 6.07) is 28.1. The Balaban J connectivity index is 1.58. The van der Waals surface area contributed by atoms with Gasteiger partial charge in [-0.1, -0.05) is 71.9 Å². The minimum atomic E-state index is -1.21. The van der Waals surface area contributed by atoms with Crippen LogP contribution in [0, 0.1) is 5.82 Å². The fraction of sp³-hybridized carbons (Fsp3) is 0.133. The molecule has 4 aromatic carbocycles. The molecule has 2 amide bonds. The summed E-state index contributed by atoms with van der Waals surface area (Å²) in [6.07, 6.45) is 0. The highest BCUT2D eigenvalue weighted by atomic mass is 19.1. The molecule has 1 heterocycles. The van der Waals surface area contributed by atoms with Gasteiger partial charge in [0.15, 0.2) is 0 Å². The molecule has 0 aliphatic carbocycles. The molecule has 8 nitrogen and oxygen atoms in total. The van der Waals surface area contributed by atoms with Crippen molar-refractivity contribution in [3.8, 4) is 5.75 Å². The zero-order valence-electron chi connectivity index (χ0n) is 21.2. The average Bonchev–Trinajstić information content (AvgIpc) is 3.38. The number of rotatable bonds is 9. The maximum absolute atomic E-state index is 15.3. The van der Waals surface area contributed by atoms with Crippen LogP contribution in [-0.4, -0.2) is 33.9 Å². The Morgan fingerprint density at radius 2 is 1.69 bits per heavy atom. The fourth-order valence-electron chi connectivity index (χ4n) is 4.41. The predicted octanol–water partition coefficient (Wildman–Crippen LogP) is 4.67. The number of benzene rings is 4. The van der Waals surface area contributed by atoms with E-state index in [-0.39, 0.29) is 18.8 Å². The number of nitrogens with one attached hydrogen (secondary N) is 1. The van der Waals surface area contributed by atoms with E-state index in [1.54, 1.807) is 42.5 Å². The number of carbonyl (C=O) groups is 2. The minimum absolute atomic E-state index is 0.0328. The number of aromatic nitrogens is 3. The fourth-order valence-corrected chi connectivity index (χ4v) is 4.41. The Hall–Kier alpha value is -5.05. The number of para-hydroxylation sites is 2. The third-order valence-electron chi connectivity index (χ3n) is 6.31. The van der Waals surface area contributed by atoms with Crippen LogP contribution in [0.1, 0.15) is 17.2 Å². The van der Waals surface area contributed by atoms with Crippen LogP contribution in [0.25, 0.3) is 11.0 Å². The molecule has 0 aliphatic heterocycles. The third kappa shape index (κ3) is 5.62. The van der Waals surface area contributed by atoms with Gasteiger partial charge in [0, 0.05) is 6.54 Å². The number of methoxy groups -OCH3 is 1. The lowest BCUT2D eigenvalue weighted by molar-refractivity contribution is -0.127. The monoisotopic (exact) mass is 523 g/mol. The Bertz CT molecular complexity index is 1600. The lowest BCUT2D eigenvalue weighted by atomic mass is 10.0. The van der Waals surface area contributed by atoms with Gasteiger partial charge >= 0.3 is 0 Å². The van der Waals surface area contributed by atoms with E-state index < -0.39 is 23.7 Å². The molecule has 1 aromatic heterocycles. The van der Waals surface area contributed by atoms with Crippen LogP contribution in [0.5, 0.6) is 5.75 Å². The SMILES string of the molecule is COc1cccc(C(C(=O)NCc2ccccc2)N(C(=O)Cn2nnc3ccccc32)c2ccccc2F)c1. The molecule has 0 saturated carbocycles. The van der Waals surface area contributed by atoms with Gasteiger partial charge in [-0.05, 0) is 47.5 Å². The molecule has 0 spiro atoms. The van der Waals surface area contributed by atoms with Crippen LogP contribution in [0.2, 0.25) is 0 Å². The van der Waals surface area contributed by atoms with Crippen molar-refractivity contribution in [2.75, 3.05) is 12.0 Å². The number of hydrogen-bond donors (Lipinski definition) is 1. The van der Waals surface area contributed by atoms with Crippen molar-refractivity contribution in [2.45, 2.75) is 19.1 Å². The Labute approximate surface area is 224 Å². The molecule has 9 heteroatoms. The number of ether oxygens (including phenoxy) is 1. The average molecular weight is 524 g/mol. The van der Waals surface area contributed by atoms with Gasteiger partial charge in [-0.3, -0.25) is 14.5 Å². The molecule has 0 fully saturated rings. The van der Waals surface area contributed by atoms with Gasteiger partial charge in [-0.15, -0.1) is 5.10 Å². The maximum Gasteiger partial charge on any atom is 0.249 e. The number of carbonyl (C=O) groups excluding carboxylic acids is 2. The van der Waals surface area contributed by atoms with E-state index >= 15 is 4.39 Å². The smallest absolute Gasteiger partial charge is 0.249 e. The van der Waals surface area contributed by atoms with Crippen molar-refractivity contribution in [2.24, 2.45) is 0 Å². The normalized spacial score (nSPS) is 11.6. The van der Waals surface area contributed by atoms with E-state index in [4.69, 9.17) is 4.74 Å². The number of fused-ring (bicyclic) bond motifs is 1. The van der Waals surface area contributed by atoms with Gasteiger partial charge in [-0.2, -0.15) is 0 Å². The van der Waals surface area contributed by atoms with E-state index in [2.05, 4.69) is 15.6 Å². The summed E-state index contributed by atoms with van der Waals surface area (Å²) in [4.78, 5) is 29.1. The second kappa shape index (κ2) is 11.6. The van der Waals surface area contributed by atoms with Gasteiger partial charge < -0.3 is 10.1 Å². The topological polar surface area (TPSA) is 89.4 Å². The lowest BCUT2D eigenvalue weighted by Gasteiger charge is -2.32. The molecule has 5 aromatic rings. The van der Waals surface area contributed by atoms with Crippen LogP contribution in [-0.2, 0) is 22.7 Å². The van der Waals surface area contributed by atoms with Gasteiger partial charge in [0.2, 0.25) is 11.8 Å². The highest BCUT2D eigenvalue weighted by Crippen LogP contribution is 2.32. The first-order valence-corrected chi connectivity index (χ1v) is 12.4. The summed E-state index contributed by atoms with van der Waals surface area (Å²) in [5.74, 6) is -1.17. The van der Waals surface area contributed by atoms with E-state index in [0.717, 1.165) is 5.56 Å². The molecule has 0 radical (unpaired) electrons. The second-order valence-corrected chi connectivity index (χ2v) is 8.83. The predicted molar refractivity (Wildman–Crippen MR) is 145 cm³/mol. The number of hydrogen-bond acceptors (Lipinski definition) is 5. The van der Waals surface area contributed by atoms with Gasteiger partial charge in [0.1, 0.15) is 29.7 Å². The van der Waals surface area contributed by atoms with Crippen LogP contribution in [0.3, 0.4) is 0 Å². The first kappa shape index (κ1) is 25.6. The third-order valence-corrected chi connectivity index (χ3v) is 6.31. The largest absolute Gasteiger partial charge is 0.497 e. The first-order chi connectivity index (χ1) is 19.0. The summed E-state index contributed by atoms with van der Waals surface area (Å²) in [6.45, 7) is -0.0333. The highest BCUT2D eigenvalue weighted by molar-refractivity contribution is 6.01. The summed E-state index contributed by atoms with van der Waals surface area (Å²) in [7, 11) is 1.51. The lowest BCUT2D eigenvalue weighted by Crippen LogP contribution is -2.45. The molecule has 0 aliphatic rings. The van der Waals surface area contributed by atoms with E-state index in [1.807, 2.05) is 42.5 Å². The van der Waals surface area contributed by atoms with Crippen LogP contribution >= 0.6 is 0 Å². The first-order valence-electron chi connectivity index (χ1n) is 12.4. The summed E-state index contributed by atoms with van der Waals surface area (Å²) in [5.41, 5.74) is 2.57. The minimum Gasteiger partial charge on any atom is -0.497 e. The van der Waals surface area contributed by atoms with Crippen molar-refractivity contribution < 1.29 is 18.7 Å². The number of nitrogens with zero attached hydrogens (tertiary/aromatic N) is 4. The molecule has 1 unspecified atom stereocenters. The van der Waals surface area contributed by atoms with Crippen molar-refractivity contribution >= 4 is 28.5 Å². The molecular formula is C30H26FN5O3. The summed E-state index contributed by atoms with van der Waals surface area (Å²) < 4.78 is 22.1. The molecular weight excluding hydrogens is 497 g/mol. The Morgan fingerprint density at radius 3 is 2.49 bits per heavy atom. The van der Waals surface area contributed by atoms with Gasteiger partial charge in [0.05, 0.1) is 18.3 Å². The van der Waals surface area contributed by atoms with Crippen molar-refractivity contribution in [1.29, 1.82) is 0 Å². The quantitative estimate of drug-likeness (QED) is 0.303. The molecule has 39 heavy (non-hydrogen) atoms. The number of anilines is 1. The van der Waals surface area contributed by atoms with Crippen LogP contribution in [0.15, 0.2) is 103 Å². The summed E-state index contributed by atoms with van der Waals surface area (Å²) in [5, 5.41) is 11.2. The zero-order valence-corrected chi connectivity index (χ0v) is 21.2. The number of halogens is 1. The van der Waals surface area contributed by atoms with E-state index in [1.165, 1.54) is 34.9 Å². The highest BCUT2D eigenvalue weighted by Gasteiger charge is 2.35. The zero-order chi connectivity index (χ0) is 27.2. The molecule has 0 bridgehead atoms. The molecule has 196 valence electrons. The van der Waals surface area contributed by atoms with Gasteiger partial charge in [0.25, 0.3) is 0 Å². The maximum atomic E-state index is 15.3. The standard InChI is InChI=1S/C30H26FN5O3/c1-39-23-13-9-12-22(18-23)29(30(38)32-19-21-10-3-2-4-11-21)36(26-16-7-5-14-24(26)31)28(37)20-35-27-17-8-6-15-25(27)33-34-35/h2-18,29H,19-20H2,1H3,(H,32,38). The van der Waals surface area contributed by atoms with Crippen LogP contribution < -0.4 is 15.0 Å². The molecule has 1 atom stereocenters. The van der Waals surface area contributed by atoms with E-state index in [0.29, 0.717) is 22.3 Å². The summed E-state index contributed by atoms with van der Waals surface area (Å²) >= 11 is 0. The van der Waals surface area contributed by atoms with Crippen molar-refractivity contribution in [1.82, 2.24) is 20.3 Å². The Morgan fingerprint density at radius 1 is 0.949 bits per heavy atom. The van der Waals surface area contributed by atoms with Crippen molar-refractivity contribution in [3.63, 3.8) is 0 Å². The number of amides is 2. The molecule has 1 N–H and O–H groups in total. The van der Waals surface area contributed by atoms with E-state index in [9.17, 15) is 9.59 Å². The molecule has 5 rings (SSSR count). The second-order valence-electron chi connectivity index (χ2n) is 8.83. The van der Waals surface area contributed by atoms with Gasteiger partial charge in [-0.25, -0.2) is 9.07 Å². The van der Waals surface area contributed by atoms with Crippen LogP contribution in [0.4, 0.5) is 10.1 Å².